The van der Waals surface area contributed by atoms with Crippen LogP contribution in [-0.4, -0.2) is 33.3 Å². The number of unbranched alkanes of at least 4 members (excludes halogenated alkanes) is 3. The van der Waals surface area contributed by atoms with E-state index in [1.54, 1.807) is 9.00 Å². The van der Waals surface area contributed by atoms with Gasteiger partial charge >= 0.3 is 0 Å². The van der Waals surface area contributed by atoms with Crippen molar-refractivity contribution in [2.24, 2.45) is 0 Å². The van der Waals surface area contributed by atoms with Crippen molar-refractivity contribution < 1.29 is 0 Å². The van der Waals surface area contributed by atoms with E-state index in [0.29, 0.717) is 0 Å². The Hall–Kier alpha value is 0.537. The van der Waals surface area contributed by atoms with Crippen LogP contribution in [0.5, 0.6) is 0 Å². The second-order valence-electron chi connectivity index (χ2n) is 6.07. The van der Waals surface area contributed by atoms with Crippen molar-refractivity contribution >= 4 is 72.3 Å². The van der Waals surface area contributed by atoms with Crippen molar-refractivity contribution in [3.63, 3.8) is 0 Å². The highest BCUT2D eigenvalue weighted by Gasteiger charge is 2.19. The Balaban J connectivity index is 1.82. The molecule has 0 atom stereocenters. The van der Waals surface area contributed by atoms with Gasteiger partial charge in [0.15, 0.2) is 0 Å². The maximum Gasteiger partial charge on any atom is 0.128 e. The summed E-state index contributed by atoms with van der Waals surface area (Å²) >= 11 is 11.2. The second kappa shape index (κ2) is 11.3. The first kappa shape index (κ1) is 20.8. The smallest absolute Gasteiger partial charge is 0.128 e. The zero-order chi connectivity index (χ0) is 17.4. The summed E-state index contributed by atoms with van der Waals surface area (Å²) in [6.45, 7) is 8.16. The number of halogens is 2. The molecule has 0 spiro atoms. The summed E-state index contributed by atoms with van der Waals surface area (Å²) in [7, 11) is -1.03. The molecule has 6 heteroatoms. The van der Waals surface area contributed by atoms with Crippen LogP contribution in [0.1, 0.15) is 39.5 Å². The third kappa shape index (κ3) is 6.69. The number of rotatable bonds is 11. The zero-order valence-electron chi connectivity index (χ0n) is 14.6. The average molecular weight is 509 g/mol. The van der Waals surface area contributed by atoms with Crippen LogP contribution >= 0.6 is 54.5 Å². The number of thiophene rings is 2. The highest BCUT2D eigenvalue weighted by Crippen LogP contribution is 2.21. The van der Waals surface area contributed by atoms with Crippen molar-refractivity contribution in [3.05, 3.63) is 31.8 Å². The minimum absolute atomic E-state index is 1.03. The van der Waals surface area contributed by atoms with Gasteiger partial charge in [0.25, 0.3) is 0 Å². The molecule has 2 aromatic rings. The average Bonchev–Trinajstić information content (AvgIpc) is 3.19. The monoisotopic (exact) mass is 507 g/mol. The van der Waals surface area contributed by atoms with Crippen LogP contribution in [0.3, 0.4) is 0 Å². The molecule has 0 unspecified atom stereocenters. The van der Waals surface area contributed by atoms with Gasteiger partial charge in [0.1, 0.15) is 8.80 Å². The summed E-state index contributed by atoms with van der Waals surface area (Å²) < 4.78 is 5.79. The summed E-state index contributed by atoms with van der Waals surface area (Å²) in [5.74, 6) is 0. The Morgan fingerprint density at radius 1 is 0.833 bits per heavy atom. The van der Waals surface area contributed by atoms with E-state index < -0.39 is 8.80 Å². The normalized spacial score (nSPS) is 11.8. The topological polar surface area (TPSA) is 3.24 Å². The minimum atomic E-state index is -1.03. The highest BCUT2D eigenvalue weighted by atomic mass is 79.9. The molecule has 0 radical (unpaired) electrons. The van der Waals surface area contributed by atoms with Gasteiger partial charge in [0.05, 0.1) is 7.57 Å². The molecule has 2 aromatic heterocycles. The Labute approximate surface area is 173 Å². The molecule has 0 aliphatic rings. The molecule has 24 heavy (non-hydrogen) atoms. The third-order valence-corrected chi connectivity index (χ3v) is 12.6. The third-order valence-electron chi connectivity index (χ3n) is 4.49. The standard InChI is InChI=1S/C18H27Br2NS2Si/c1-3-21(4-2)13-7-5-6-8-14-24(17-11-9-15(19)22-17)18-12-10-16(20)23-18/h9-12,24H,3-8,13-14H2,1-2H3. The van der Waals surface area contributed by atoms with Crippen molar-refractivity contribution in [3.8, 4) is 0 Å². The van der Waals surface area contributed by atoms with E-state index in [9.17, 15) is 0 Å². The molecule has 134 valence electrons. The van der Waals surface area contributed by atoms with Gasteiger partial charge in [-0.15, -0.1) is 22.7 Å². The van der Waals surface area contributed by atoms with E-state index in [-0.39, 0.29) is 0 Å². The molecule has 0 amide bonds. The fourth-order valence-electron chi connectivity index (χ4n) is 3.03. The Bertz CT molecular complexity index is 555. The lowest BCUT2D eigenvalue weighted by atomic mass is 10.2. The van der Waals surface area contributed by atoms with Gasteiger partial charge in [0, 0.05) is 0 Å². The molecule has 0 saturated carbocycles. The fraction of sp³-hybridized carbons (Fsp3) is 0.556. The number of hydrogen-bond acceptors (Lipinski definition) is 3. The van der Waals surface area contributed by atoms with Crippen LogP contribution in [0.4, 0.5) is 0 Å². The van der Waals surface area contributed by atoms with Crippen LogP contribution in [0.15, 0.2) is 31.8 Å². The van der Waals surface area contributed by atoms with Gasteiger partial charge in [-0.1, -0.05) is 51.3 Å². The van der Waals surface area contributed by atoms with Gasteiger partial charge in [0.2, 0.25) is 0 Å². The Morgan fingerprint density at radius 2 is 1.38 bits per heavy atom. The van der Waals surface area contributed by atoms with Crippen LogP contribution in [0.2, 0.25) is 6.04 Å². The second-order valence-corrected chi connectivity index (χ2v) is 14.8. The molecule has 0 aromatic carbocycles. The molecule has 2 rings (SSSR count). The lowest BCUT2D eigenvalue weighted by molar-refractivity contribution is 0.295. The van der Waals surface area contributed by atoms with Crippen molar-refractivity contribution in [1.82, 2.24) is 4.90 Å². The summed E-state index contributed by atoms with van der Waals surface area (Å²) in [6, 6.07) is 10.5. The van der Waals surface area contributed by atoms with Gasteiger partial charge in [-0.3, -0.25) is 0 Å². The summed E-state index contributed by atoms with van der Waals surface area (Å²) in [4.78, 5) is 2.53. The molecule has 0 N–H and O–H groups in total. The van der Waals surface area contributed by atoms with E-state index in [1.165, 1.54) is 58.9 Å². The summed E-state index contributed by atoms with van der Waals surface area (Å²) in [5, 5.41) is 0. The molecule has 0 bridgehead atoms. The van der Waals surface area contributed by atoms with E-state index in [2.05, 4.69) is 74.9 Å². The van der Waals surface area contributed by atoms with Gasteiger partial charge in [-0.2, -0.15) is 0 Å². The first-order valence-electron chi connectivity index (χ1n) is 8.86. The molecule has 0 fully saturated rings. The molecule has 0 saturated heterocycles. The Kier molecular flexibility index (Phi) is 9.81. The molecule has 1 nitrogen and oxygen atoms in total. The molecular weight excluding hydrogens is 482 g/mol. The number of nitrogens with zero attached hydrogens (tertiary/aromatic N) is 1. The highest BCUT2D eigenvalue weighted by molar-refractivity contribution is 9.11. The number of hydrogen-bond donors (Lipinski definition) is 0. The largest absolute Gasteiger partial charge is 0.304 e. The van der Waals surface area contributed by atoms with Crippen molar-refractivity contribution in [1.29, 1.82) is 0 Å². The predicted octanol–water partition coefficient (Wildman–Crippen LogP) is 5.58. The Morgan fingerprint density at radius 3 is 1.83 bits per heavy atom. The van der Waals surface area contributed by atoms with E-state index in [0.717, 1.165) is 0 Å². The van der Waals surface area contributed by atoms with Crippen LogP contribution < -0.4 is 9.00 Å². The maximum atomic E-state index is 3.64. The predicted molar refractivity (Wildman–Crippen MR) is 122 cm³/mol. The molecule has 0 aliphatic carbocycles. The van der Waals surface area contributed by atoms with E-state index in [1.807, 2.05) is 22.7 Å². The maximum absolute atomic E-state index is 3.64. The van der Waals surface area contributed by atoms with E-state index in [4.69, 9.17) is 0 Å². The van der Waals surface area contributed by atoms with Crippen LogP contribution in [0, 0.1) is 0 Å². The minimum Gasteiger partial charge on any atom is -0.304 e. The van der Waals surface area contributed by atoms with Gasteiger partial charge in [-0.25, -0.2) is 0 Å². The van der Waals surface area contributed by atoms with Crippen molar-refractivity contribution in [2.45, 2.75) is 45.6 Å². The van der Waals surface area contributed by atoms with Crippen LogP contribution in [-0.2, 0) is 0 Å². The fourth-order valence-corrected chi connectivity index (χ4v) is 12.2. The van der Waals surface area contributed by atoms with E-state index >= 15 is 0 Å². The van der Waals surface area contributed by atoms with Crippen LogP contribution in [0.25, 0.3) is 0 Å². The quantitative estimate of drug-likeness (QED) is 0.283. The first-order valence-corrected chi connectivity index (χ1v) is 14.1. The lowest BCUT2D eigenvalue weighted by Gasteiger charge is -2.17. The van der Waals surface area contributed by atoms with Gasteiger partial charge in [-0.05, 0) is 79.0 Å². The first-order chi connectivity index (χ1) is 11.6. The van der Waals surface area contributed by atoms with Crippen molar-refractivity contribution in [2.75, 3.05) is 19.6 Å². The summed E-state index contributed by atoms with van der Waals surface area (Å²) in [6.07, 6.45) is 5.48. The van der Waals surface area contributed by atoms with Gasteiger partial charge < -0.3 is 4.90 Å². The zero-order valence-corrected chi connectivity index (χ0v) is 20.5. The molecular formula is C18H27Br2NS2Si. The lowest BCUT2D eigenvalue weighted by Crippen LogP contribution is -2.38. The summed E-state index contributed by atoms with van der Waals surface area (Å²) in [5.41, 5.74) is 0. The SMILES string of the molecule is CCN(CC)CCCCCC[SiH](c1ccc(Br)s1)c1ccc(Br)s1. The molecule has 2 heterocycles. The molecule has 0 aliphatic heterocycles.